The van der Waals surface area contributed by atoms with Crippen molar-refractivity contribution in [3.8, 4) is 0 Å². The SMILES string of the molecule is CN(C)c1nc(NC2CCC(NC(=O)c3cccnc3Sc3ccccc3)CC2)nc2ccccc12. The monoisotopic (exact) mass is 498 g/mol. The number of rotatable bonds is 7. The minimum Gasteiger partial charge on any atom is -0.362 e. The van der Waals surface area contributed by atoms with Crippen molar-refractivity contribution >= 4 is 40.3 Å². The Morgan fingerprint density at radius 1 is 0.889 bits per heavy atom. The number of para-hydroxylation sites is 1. The molecule has 0 saturated heterocycles. The molecule has 1 fully saturated rings. The maximum atomic E-state index is 13.1. The Hall–Kier alpha value is -3.65. The number of nitrogens with zero attached hydrogens (tertiary/aromatic N) is 4. The summed E-state index contributed by atoms with van der Waals surface area (Å²) in [5.74, 6) is 1.50. The van der Waals surface area contributed by atoms with Crippen LogP contribution in [0.3, 0.4) is 0 Å². The summed E-state index contributed by atoms with van der Waals surface area (Å²) in [4.78, 5) is 30.2. The van der Waals surface area contributed by atoms with E-state index in [9.17, 15) is 4.79 Å². The molecule has 184 valence electrons. The van der Waals surface area contributed by atoms with Gasteiger partial charge in [-0.3, -0.25) is 4.79 Å². The number of benzene rings is 2. The van der Waals surface area contributed by atoms with Crippen LogP contribution in [-0.4, -0.2) is 47.0 Å². The molecule has 7 nitrogen and oxygen atoms in total. The Morgan fingerprint density at radius 2 is 1.61 bits per heavy atom. The third-order valence-electron chi connectivity index (χ3n) is 6.38. The van der Waals surface area contributed by atoms with Crippen LogP contribution in [0.1, 0.15) is 36.0 Å². The highest BCUT2D eigenvalue weighted by atomic mass is 32.2. The molecule has 0 radical (unpaired) electrons. The van der Waals surface area contributed by atoms with Gasteiger partial charge in [-0.1, -0.05) is 42.1 Å². The zero-order chi connectivity index (χ0) is 24.9. The fourth-order valence-electron chi connectivity index (χ4n) is 4.54. The molecule has 0 aliphatic heterocycles. The van der Waals surface area contributed by atoms with Crippen LogP contribution in [-0.2, 0) is 0 Å². The lowest BCUT2D eigenvalue weighted by Crippen LogP contribution is -2.40. The van der Waals surface area contributed by atoms with Gasteiger partial charge in [0.1, 0.15) is 10.8 Å². The first kappa shape index (κ1) is 24.1. The number of anilines is 2. The molecule has 2 aromatic carbocycles. The fraction of sp³-hybridized carbons (Fsp3) is 0.286. The summed E-state index contributed by atoms with van der Waals surface area (Å²) in [5, 5.41) is 8.54. The predicted octanol–water partition coefficient (Wildman–Crippen LogP) is 5.40. The van der Waals surface area contributed by atoms with Gasteiger partial charge in [-0.25, -0.2) is 9.97 Å². The Bertz CT molecular complexity index is 1340. The predicted molar refractivity (Wildman–Crippen MR) is 146 cm³/mol. The van der Waals surface area contributed by atoms with Crippen molar-refractivity contribution in [3.05, 3.63) is 78.5 Å². The second-order valence-corrected chi connectivity index (χ2v) is 10.3. The molecule has 1 amide bonds. The maximum absolute atomic E-state index is 13.1. The minimum atomic E-state index is -0.0635. The normalized spacial score (nSPS) is 17.5. The smallest absolute Gasteiger partial charge is 0.254 e. The average molecular weight is 499 g/mol. The molecule has 5 rings (SSSR count). The van der Waals surface area contributed by atoms with E-state index in [1.807, 2.05) is 85.7 Å². The van der Waals surface area contributed by atoms with Crippen molar-refractivity contribution in [1.29, 1.82) is 0 Å². The van der Waals surface area contributed by atoms with E-state index in [1.54, 1.807) is 6.20 Å². The number of fused-ring (bicyclic) bond motifs is 1. The molecule has 1 aliphatic carbocycles. The quantitative estimate of drug-likeness (QED) is 0.353. The van der Waals surface area contributed by atoms with E-state index in [0.717, 1.165) is 52.3 Å². The van der Waals surface area contributed by atoms with E-state index in [0.29, 0.717) is 11.5 Å². The van der Waals surface area contributed by atoms with Gasteiger partial charge in [0.2, 0.25) is 5.95 Å². The highest BCUT2D eigenvalue weighted by Crippen LogP contribution is 2.29. The van der Waals surface area contributed by atoms with Gasteiger partial charge < -0.3 is 15.5 Å². The van der Waals surface area contributed by atoms with Crippen molar-refractivity contribution in [2.75, 3.05) is 24.3 Å². The molecule has 1 saturated carbocycles. The minimum absolute atomic E-state index is 0.0635. The van der Waals surface area contributed by atoms with Crippen LogP contribution in [0.25, 0.3) is 10.9 Å². The number of nitrogens with one attached hydrogen (secondary N) is 2. The largest absolute Gasteiger partial charge is 0.362 e. The third-order valence-corrected chi connectivity index (χ3v) is 7.40. The number of pyridine rings is 1. The summed E-state index contributed by atoms with van der Waals surface area (Å²) < 4.78 is 0. The molecule has 8 heteroatoms. The number of hydrogen-bond acceptors (Lipinski definition) is 7. The van der Waals surface area contributed by atoms with Gasteiger partial charge in [0.25, 0.3) is 5.91 Å². The van der Waals surface area contributed by atoms with Crippen LogP contribution in [0.4, 0.5) is 11.8 Å². The Balaban J connectivity index is 1.20. The second kappa shape index (κ2) is 11.0. The second-order valence-electron chi connectivity index (χ2n) is 9.22. The van der Waals surface area contributed by atoms with Crippen molar-refractivity contribution in [1.82, 2.24) is 20.3 Å². The first-order chi connectivity index (χ1) is 17.6. The van der Waals surface area contributed by atoms with Gasteiger partial charge in [-0.15, -0.1) is 0 Å². The fourth-order valence-corrected chi connectivity index (χ4v) is 5.44. The number of aromatic nitrogens is 3. The van der Waals surface area contributed by atoms with Gasteiger partial charge in [0.05, 0.1) is 11.1 Å². The molecule has 0 spiro atoms. The molecule has 36 heavy (non-hydrogen) atoms. The van der Waals surface area contributed by atoms with Gasteiger partial charge >= 0.3 is 0 Å². The first-order valence-electron chi connectivity index (χ1n) is 12.3. The molecule has 0 unspecified atom stereocenters. The van der Waals surface area contributed by atoms with Crippen LogP contribution in [0, 0.1) is 0 Å². The Morgan fingerprint density at radius 3 is 2.39 bits per heavy atom. The number of carbonyl (C=O) groups excluding carboxylic acids is 1. The average Bonchev–Trinajstić information content (AvgIpc) is 2.90. The third kappa shape index (κ3) is 5.60. The summed E-state index contributed by atoms with van der Waals surface area (Å²) in [6.07, 6.45) is 5.42. The molecule has 0 bridgehead atoms. The lowest BCUT2D eigenvalue weighted by molar-refractivity contribution is 0.0923. The molecule has 2 N–H and O–H groups in total. The molecular weight excluding hydrogens is 468 g/mol. The number of amides is 1. The van der Waals surface area contributed by atoms with Gasteiger partial charge in [-0.05, 0) is 62.1 Å². The van der Waals surface area contributed by atoms with Gasteiger partial charge in [0, 0.05) is 42.7 Å². The van der Waals surface area contributed by atoms with E-state index in [2.05, 4.69) is 15.6 Å². The molecule has 1 aliphatic rings. The molecule has 2 heterocycles. The van der Waals surface area contributed by atoms with Gasteiger partial charge in [0.15, 0.2) is 0 Å². The summed E-state index contributed by atoms with van der Waals surface area (Å²) >= 11 is 1.51. The van der Waals surface area contributed by atoms with E-state index >= 15 is 0 Å². The highest BCUT2D eigenvalue weighted by Gasteiger charge is 2.25. The summed E-state index contributed by atoms with van der Waals surface area (Å²) in [6.45, 7) is 0. The summed E-state index contributed by atoms with van der Waals surface area (Å²) in [6, 6.07) is 22.2. The summed E-state index contributed by atoms with van der Waals surface area (Å²) in [5.41, 5.74) is 1.55. The number of hydrogen-bond donors (Lipinski definition) is 2. The van der Waals surface area contributed by atoms with Crippen molar-refractivity contribution in [2.24, 2.45) is 0 Å². The van der Waals surface area contributed by atoms with E-state index < -0.39 is 0 Å². The maximum Gasteiger partial charge on any atom is 0.254 e. The van der Waals surface area contributed by atoms with Gasteiger partial charge in [-0.2, -0.15) is 4.98 Å². The zero-order valence-corrected chi connectivity index (χ0v) is 21.3. The first-order valence-corrected chi connectivity index (χ1v) is 13.1. The van der Waals surface area contributed by atoms with E-state index in [4.69, 9.17) is 9.97 Å². The van der Waals surface area contributed by atoms with Crippen LogP contribution in [0.15, 0.2) is 82.8 Å². The van der Waals surface area contributed by atoms with E-state index in [1.165, 1.54) is 11.8 Å². The number of carbonyl (C=O) groups is 1. The lowest BCUT2D eigenvalue weighted by Gasteiger charge is -2.30. The summed E-state index contributed by atoms with van der Waals surface area (Å²) in [7, 11) is 4.00. The lowest BCUT2D eigenvalue weighted by atomic mass is 9.91. The standard InChI is InChI=1S/C28H30N6OS/c1-34(2)25-22-11-6-7-13-24(22)32-28(33-25)31-20-16-14-19(15-17-20)30-26(35)23-12-8-18-29-27(23)36-21-9-4-3-5-10-21/h3-13,18-20H,14-17H2,1-2H3,(H,30,35)(H,31,32,33). The van der Waals surface area contributed by atoms with E-state index in [-0.39, 0.29) is 18.0 Å². The Kier molecular flexibility index (Phi) is 7.32. The van der Waals surface area contributed by atoms with Crippen LogP contribution in [0.2, 0.25) is 0 Å². The molecular formula is C28H30N6OS. The van der Waals surface area contributed by atoms with Crippen molar-refractivity contribution in [3.63, 3.8) is 0 Å². The Labute approximate surface area is 215 Å². The topological polar surface area (TPSA) is 83.0 Å². The molecule has 4 aromatic rings. The van der Waals surface area contributed by atoms with Crippen molar-refractivity contribution < 1.29 is 4.79 Å². The molecule has 0 atom stereocenters. The zero-order valence-electron chi connectivity index (χ0n) is 20.5. The highest BCUT2D eigenvalue weighted by molar-refractivity contribution is 7.99. The van der Waals surface area contributed by atoms with Crippen LogP contribution < -0.4 is 15.5 Å². The van der Waals surface area contributed by atoms with Crippen molar-refractivity contribution in [2.45, 2.75) is 47.7 Å². The van der Waals surface area contributed by atoms with Crippen LogP contribution >= 0.6 is 11.8 Å². The molecule has 2 aromatic heterocycles. The van der Waals surface area contributed by atoms with Crippen LogP contribution in [0.5, 0.6) is 0 Å².